The van der Waals surface area contributed by atoms with Gasteiger partial charge < -0.3 is 10.2 Å². The number of hydrogen-bond acceptors (Lipinski definition) is 2. The lowest BCUT2D eigenvalue weighted by Crippen LogP contribution is -2.07. The molecule has 0 aromatic rings. The van der Waals surface area contributed by atoms with E-state index < -0.39 is 11.7 Å². The predicted octanol–water partition coefficient (Wildman–Crippen LogP) is 3.58. The Morgan fingerprint density at radius 3 is 1.17 bits per heavy atom. The summed E-state index contributed by atoms with van der Waals surface area (Å²) in [6.07, 6.45) is 12.9. The zero-order chi connectivity index (χ0) is 18.5. The van der Waals surface area contributed by atoms with Crippen molar-refractivity contribution in [1.29, 1.82) is 0 Å². The monoisotopic (exact) mass is 322 g/mol. The maximum absolute atomic E-state index is 10.7. The molecule has 6 heteroatoms. The average molecular weight is 322 g/mol. The van der Waals surface area contributed by atoms with E-state index in [1.807, 2.05) is 0 Å². The van der Waals surface area contributed by atoms with Gasteiger partial charge in [0.15, 0.2) is 0 Å². The van der Waals surface area contributed by atoms with Crippen molar-refractivity contribution in [3.05, 3.63) is 97.0 Å². The second kappa shape index (κ2) is 11.5. The molecule has 0 aromatic heterocycles. The molecule has 0 aliphatic carbocycles. The highest BCUT2D eigenvalue weighted by atomic mass is 16.4. The summed E-state index contributed by atoms with van der Waals surface area (Å²) in [5, 5.41) is 17.6. The van der Waals surface area contributed by atoms with Crippen LogP contribution in [0.25, 0.3) is 0 Å². The second-order valence-electron chi connectivity index (χ2n) is 4.68. The summed E-state index contributed by atoms with van der Waals surface area (Å²) in [5.74, 6) is -1.89. The van der Waals surface area contributed by atoms with E-state index in [-0.39, 0.29) is 14.6 Å². The van der Waals surface area contributed by atoms with Gasteiger partial charge in [0.05, 0.1) is 0 Å². The van der Waals surface area contributed by atoms with Crippen molar-refractivity contribution in [1.82, 2.24) is 0 Å². The third-order valence-corrected chi connectivity index (χ3v) is 2.96. The summed E-state index contributed by atoms with van der Waals surface area (Å²) in [7, 11) is -0.257. The normalized spacial score (nSPS) is 12.8. The topological polar surface area (TPSA) is 74.6 Å². The van der Waals surface area contributed by atoms with Crippen LogP contribution in [-0.4, -0.2) is 36.5 Å². The Hall–Kier alpha value is -3.01. The van der Waals surface area contributed by atoms with Crippen LogP contribution < -0.4 is 0 Å². The van der Waals surface area contributed by atoms with Gasteiger partial charge in [0.2, 0.25) is 0 Å². The molecule has 0 rings (SSSR count). The van der Waals surface area contributed by atoms with Gasteiger partial charge in [0.25, 0.3) is 26.3 Å². The minimum atomic E-state index is -0.943. The molecule has 2 N–H and O–H groups in total. The Balaban J connectivity index is 5.64. The highest BCUT2D eigenvalue weighted by molar-refractivity contribution is 6.78. The zero-order valence-corrected chi connectivity index (χ0v) is 13.6. The van der Waals surface area contributed by atoms with Gasteiger partial charge in [-0.05, 0) is 11.1 Å². The molecule has 0 aliphatic heterocycles. The first-order chi connectivity index (χ1) is 11.4. The maximum Gasteiger partial charge on any atom is 0.293 e. The Morgan fingerprint density at radius 2 is 0.958 bits per heavy atom. The van der Waals surface area contributed by atoms with E-state index >= 15 is 0 Å². The van der Waals surface area contributed by atoms with Gasteiger partial charge in [-0.15, -0.1) is 0 Å². The van der Waals surface area contributed by atoms with Crippen molar-refractivity contribution >= 4 is 26.3 Å². The standard InChI is InChI=1S/C18H20B2O4/c1-5-13(9-11-15(7-3)19-17(21)22)14(6-2)10-12-16(8-4)20-18(23)24/h5-12,19-20H,1-4H2,(H,21,22)(H,23,24)/b13-9+,14-10+,15-11+,16-12+. The molecule has 24 heavy (non-hydrogen) atoms. The molecule has 0 unspecified atom stereocenters. The van der Waals surface area contributed by atoms with Crippen LogP contribution >= 0.6 is 0 Å². The van der Waals surface area contributed by atoms with Gasteiger partial charge in [-0.3, -0.25) is 9.59 Å². The SMILES string of the molecule is C=C\C(BC(=O)O)=C/C=C(C=C)/C(C=C)=C/C=C(/BC(=O)O)C=C. The fourth-order valence-electron chi connectivity index (χ4n) is 1.71. The van der Waals surface area contributed by atoms with Crippen LogP contribution in [0.4, 0.5) is 9.59 Å². The second-order valence-corrected chi connectivity index (χ2v) is 4.68. The molecule has 0 spiro atoms. The number of carbonyl (C=O) groups is 2. The van der Waals surface area contributed by atoms with Crippen molar-refractivity contribution in [3.63, 3.8) is 0 Å². The minimum absolute atomic E-state index is 0.128. The van der Waals surface area contributed by atoms with Gasteiger partial charge in [-0.25, -0.2) is 0 Å². The first kappa shape index (κ1) is 21.0. The first-order valence-corrected chi connectivity index (χ1v) is 7.13. The van der Waals surface area contributed by atoms with E-state index in [0.29, 0.717) is 22.1 Å². The molecular weight excluding hydrogens is 302 g/mol. The van der Waals surface area contributed by atoms with Crippen LogP contribution in [0.3, 0.4) is 0 Å². The molecule has 0 aliphatic rings. The van der Waals surface area contributed by atoms with Crippen molar-refractivity contribution in [2.45, 2.75) is 0 Å². The Labute approximate surface area is 143 Å². The van der Waals surface area contributed by atoms with Crippen LogP contribution in [0.2, 0.25) is 0 Å². The highest BCUT2D eigenvalue weighted by Gasteiger charge is 2.04. The molecule has 0 saturated carbocycles. The predicted molar refractivity (Wildman–Crippen MR) is 103 cm³/mol. The van der Waals surface area contributed by atoms with Gasteiger partial charge in [-0.2, -0.15) is 0 Å². The molecule has 0 fully saturated rings. The fraction of sp³-hybridized carbons (Fsp3) is 0. The van der Waals surface area contributed by atoms with E-state index in [1.165, 1.54) is 12.2 Å². The molecule has 0 atom stereocenters. The van der Waals surface area contributed by atoms with Gasteiger partial charge in [0.1, 0.15) is 0 Å². The van der Waals surface area contributed by atoms with Crippen LogP contribution in [0.1, 0.15) is 0 Å². The molecule has 0 heterocycles. The fourth-order valence-corrected chi connectivity index (χ4v) is 1.71. The van der Waals surface area contributed by atoms with Crippen LogP contribution in [0.15, 0.2) is 97.0 Å². The van der Waals surface area contributed by atoms with Crippen molar-refractivity contribution < 1.29 is 19.8 Å². The largest absolute Gasteiger partial charge is 0.489 e. The third-order valence-electron chi connectivity index (χ3n) is 2.96. The number of rotatable bonds is 11. The van der Waals surface area contributed by atoms with Crippen molar-refractivity contribution in [2.75, 3.05) is 0 Å². The number of hydrogen-bond donors (Lipinski definition) is 2. The summed E-state index contributed by atoms with van der Waals surface area (Å²) in [4.78, 5) is 21.5. The van der Waals surface area contributed by atoms with Crippen molar-refractivity contribution in [2.24, 2.45) is 0 Å². The summed E-state index contributed by atoms with van der Waals surface area (Å²) < 4.78 is 0. The Bertz CT molecular complexity index is 607. The number of carboxylic acid groups (broad SMARTS) is 2. The third kappa shape index (κ3) is 8.44. The molecule has 4 nitrogen and oxygen atoms in total. The molecule has 122 valence electrons. The molecule has 0 radical (unpaired) electrons. The number of allylic oxidation sites excluding steroid dienone is 12. The summed E-state index contributed by atoms with van der Waals surface area (Å²) in [6.45, 7) is 14.6. The first-order valence-electron chi connectivity index (χ1n) is 7.13. The van der Waals surface area contributed by atoms with Crippen LogP contribution in [-0.2, 0) is 0 Å². The van der Waals surface area contributed by atoms with Gasteiger partial charge >= 0.3 is 0 Å². The molecule has 0 aromatic carbocycles. The quantitative estimate of drug-likeness (QED) is 0.450. The molecular formula is C18H20B2O4. The van der Waals surface area contributed by atoms with Crippen LogP contribution in [0, 0.1) is 0 Å². The molecule has 0 bridgehead atoms. The van der Waals surface area contributed by atoms with E-state index in [9.17, 15) is 9.59 Å². The lowest BCUT2D eigenvalue weighted by molar-refractivity contribution is 0.219. The zero-order valence-electron chi connectivity index (χ0n) is 13.6. The highest BCUT2D eigenvalue weighted by Crippen LogP contribution is 2.14. The summed E-state index contributed by atoms with van der Waals surface area (Å²) in [6, 6.07) is 0. The van der Waals surface area contributed by atoms with E-state index in [0.717, 1.165) is 0 Å². The Kier molecular flexibility index (Phi) is 10.1. The lowest BCUT2D eigenvalue weighted by Gasteiger charge is -2.03. The molecule has 0 amide bonds. The average Bonchev–Trinajstić information content (AvgIpc) is 2.54. The maximum atomic E-state index is 10.7. The van der Waals surface area contributed by atoms with E-state index in [1.54, 1.807) is 36.5 Å². The van der Waals surface area contributed by atoms with E-state index in [4.69, 9.17) is 10.2 Å². The summed E-state index contributed by atoms with van der Waals surface area (Å²) in [5.41, 5.74) is 2.53. The van der Waals surface area contributed by atoms with Crippen molar-refractivity contribution in [3.8, 4) is 0 Å². The van der Waals surface area contributed by atoms with E-state index in [2.05, 4.69) is 26.3 Å². The van der Waals surface area contributed by atoms with Crippen LogP contribution in [0.5, 0.6) is 0 Å². The minimum Gasteiger partial charge on any atom is -0.489 e. The van der Waals surface area contributed by atoms with Gasteiger partial charge in [0, 0.05) is 0 Å². The molecule has 0 saturated heterocycles. The summed E-state index contributed by atoms with van der Waals surface area (Å²) >= 11 is 0. The lowest BCUT2D eigenvalue weighted by atomic mass is 9.69. The Morgan fingerprint density at radius 1 is 0.625 bits per heavy atom. The van der Waals surface area contributed by atoms with Gasteiger partial charge in [-0.1, -0.05) is 85.9 Å². The smallest absolute Gasteiger partial charge is 0.293 e.